The van der Waals surface area contributed by atoms with Crippen molar-refractivity contribution >= 4 is 5.97 Å². The van der Waals surface area contributed by atoms with Crippen LogP contribution < -0.4 is 0 Å². The van der Waals surface area contributed by atoms with Crippen molar-refractivity contribution in [2.75, 3.05) is 26.2 Å². The first-order chi connectivity index (χ1) is 9.51. The van der Waals surface area contributed by atoms with Gasteiger partial charge in [-0.15, -0.1) is 0 Å². The van der Waals surface area contributed by atoms with Crippen molar-refractivity contribution in [1.82, 2.24) is 19.6 Å². The first-order valence-electron chi connectivity index (χ1n) is 7.22. The molecular formula is C14H24N4O2. The van der Waals surface area contributed by atoms with Crippen LogP contribution in [-0.2, 0) is 24.8 Å². The van der Waals surface area contributed by atoms with Crippen LogP contribution in [0.4, 0.5) is 0 Å². The Labute approximate surface area is 120 Å². The minimum Gasteiger partial charge on any atom is -0.480 e. The summed E-state index contributed by atoms with van der Waals surface area (Å²) in [6.07, 6.45) is 3.04. The summed E-state index contributed by atoms with van der Waals surface area (Å²) in [5.41, 5.74) is 2.45. The SMILES string of the molecule is CCc1nn(C)cc1CN1CCN(C(C)C(=O)O)CC1. The molecule has 1 unspecified atom stereocenters. The van der Waals surface area contributed by atoms with Crippen LogP contribution in [0.3, 0.4) is 0 Å². The first kappa shape index (κ1) is 15.0. The van der Waals surface area contributed by atoms with Crippen molar-refractivity contribution in [1.29, 1.82) is 0 Å². The van der Waals surface area contributed by atoms with Gasteiger partial charge in [0.2, 0.25) is 0 Å². The van der Waals surface area contributed by atoms with E-state index in [9.17, 15) is 4.79 Å². The highest BCUT2D eigenvalue weighted by atomic mass is 16.4. The van der Waals surface area contributed by atoms with Crippen molar-refractivity contribution in [2.45, 2.75) is 32.9 Å². The molecule has 0 aromatic carbocycles. The molecule has 0 aliphatic carbocycles. The fourth-order valence-corrected chi connectivity index (χ4v) is 2.72. The van der Waals surface area contributed by atoms with Gasteiger partial charge in [0.1, 0.15) is 6.04 Å². The molecule has 6 heteroatoms. The third kappa shape index (κ3) is 3.37. The number of aryl methyl sites for hydroxylation is 2. The van der Waals surface area contributed by atoms with Crippen molar-refractivity contribution in [3.05, 3.63) is 17.5 Å². The fraction of sp³-hybridized carbons (Fsp3) is 0.714. The number of nitrogens with zero attached hydrogens (tertiary/aromatic N) is 4. The van der Waals surface area contributed by atoms with Gasteiger partial charge >= 0.3 is 5.97 Å². The minimum atomic E-state index is -0.737. The Balaban J connectivity index is 1.89. The van der Waals surface area contributed by atoms with Crippen LogP contribution >= 0.6 is 0 Å². The molecule has 1 N–H and O–H groups in total. The van der Waals surface area contributed by atoms with E-state index in [0.717, 1.165) is 44.8 Å². The maximum Gasteiger partial charge on any atom is 0.320 e. The van der Waals surface area contributed by atoms with Gasteiger partial charge in [-0.2, -0.15) is 5.10 Å². The second-order valence-electron chi connectivity index (χ2n) is 5.45. The molecule has 2 rings (SSSR count). The molecule has 0 saturated carbocycles. The van der Waals surface area contributed by atoms with Crippen molar-refractivity contribution in [3.8, 4) is 0 Å². The summed E-state index contributed by atoms with van der Waals surface area (Å²) in [6, 6.07) is -0.387. The summed E-state index contributed by atoms with van der Waals surface area (Å²) in [5.74, 6) is -0.737. The van der Waals surface area contributed by atoms with Gasteiger partial charge in [-0.3, -0.25) is 19.3 Å². The van der Waals surface area contributed by atoms with E-state index < -0.39 is 5.97 Å². The van der Waals surface area contributed by atoms with Crippen molar-refractivity contribution in [3.63, 3.8) is 0 Å². The van der Waals surface area contributed by atoms with Gasteiger partial charge in [-0.05, 0) is 13.3 Å². The first-order valence-corrected chi connectivity index (χ1v) is 7.22. The van der Waals surface area contributed by atoms with Crippen LogP contribution in [0.25, 0.3) is 0 Å². The Bertz CT molecular complexity index is 464. The van der Waals surface area contributed by atoms with Crippen LogP contribution in [-0.4, -0.2) is 62.9 Å². The number of aliphatic carboxylic acids is 1. The summed E-state index contributed by atoms with van der Waals surface area (Å²) in [7, 11) is 1.95. The molecule has 20 heavy (non-hydrogen) atoms. The normalized spacial score (nSPS) is 19.1. The van der Waals surface area contributed by atoms with Gasteiger partial charge in [-0.25, -0.2) is 0 Å². The van der Waals surface area contributed by atoms with Gasteiger partial charge < -0.3 is 5.11 Å². The molecule has 1 aromatic rings. The topological polar surface area (TPSA) is 61.6 Å². The summed E-state index contributed by atoms with van der Waals surface area (Å²) in [6.45, 7) is 8.24. The Morgan fingerprint density at radius 2 is 2.05 bits per heavy atom. The maximum absolute atomic E-state index is 11.0. The molecule has 0 spiro atoms. The van der Waals surface area contributed by atoms with E-state index in [-0.39, 0.29) is 6.04 Å². The molecule has 1 aliphatic rings. The highest BCUT2D eigenvalue weighted by Crippen LogP contribution is 2.13. The maximum atomic E-state index is 11.0. The molecule has 1 atom stereocenters. The van der Waals surface area contributed by atoms with E-state index in [1.807, 2.05) is 16.6 Å². The molecule has 1 fully saturated rings. The minimum absolute atomic E-state index is 0.387. The van der Waals surface area contributed by atoms with E-state index in [0.29, 0.717) is 0 Å². The second-order valence-corrected chi connectivity index (χ2v) is 5.45. The number of aromatic nitrogens is 2. The van der Waals surface area contributed by atoms with Crippen LogP contribution in [0, 0.1) is 0 Å². The van der Waals surface area contributed by atoms with Crippen LogP contribution in [0.5, 0.6) is 0 Å². The molecule has 0 amide bonds. The Kier molecular flexibility index (Phi) is 4.77. The molecule has 6 nitrogen and oxygen atoms in total. The number of hydrogen-bond donors (Lipinski definition) is 1. The standard InChI is InChI=1S/C14H24N4O2/c1-4-13-12(9-16(3)15-13)10-17-5-7-18(8-6-17)11(2)14(19)20/h9,11H,4-8,10H2,1-3H3,(H,19,20). The second kappa shape index (κ2) is 6.37. The number of rotatable bonds is 5. The molecule has 1 aromatic heterocycles. The monoisotopic (exact) mass is 280 g/mol. The molecule has 112 valence electrons. The lowest BCUT2D eigenvalue weighted by atomic mass is 10.1. The number of carboxylic acids is 1. The highest BCUT2D eigenvalue weighted by molar-refractivity contribution is 5.72. The molecule has 1 aliphatic heterocycles. The van der Waals surface area contributed by atoms with Gasteiger partial charge in [0.25, 0.3) is 0 Å². The molecule has 0 radical (unpaired) electrons. The number of carboxylic acid groups (broad SMARTS) is 1. The molecule has 1 saturated heterocycles. The van der Waals surface area contributed by atoms with Crippen molar-refractivity contribution in [2.24, 2.45) is 7.05 Å². The van der Waals surface area contributed by atoms with Crippen molar-refractivity contribution < 1.29 is 9.90 Å². The lowest BCUT2D eigenvalue weighted by molar-refractivity contribution is -0.143. The van der Waals surface area contributed by atoms with E-state index in [2.05, 4.69) is 23.1 Å². The summed E-state index contributed by atoms with van der Waals surface area (Å²) in [5, 5.41) is 13.5. The predicted molar refractivity (Wildman–Crippen MR) is 76.5 cm³/mol. The van der Waals surface area contributed by atoms with E-state index in [4.69, 9.17) is 5.11 Å². The van der Waals surface area contributed by atoms with Gasteiger partial charge in [0.05, 0.1) is 5.69 Å². The summed E-state index contributed by atoms with van der Waals surface area (Å²) in [4.78, 5) is 15.4. The Morgan fingerprint density at radius 1 is 1.40 bits per heavy atom. The predicted octanol–water partition coefficient (Wildman–Crippen LogP) is 0.573. The van der Waals surface area contributed by atoms with Gasteiger partial charge in [-0.1, -0.05) is 6.92 Å². The third-order valence-corrected chi connectivity index (χ3v) is 4.03. The number of carbonyl (C=O) groups is 1. The zero-order valence-corrected chi connectivity index (χ0v) is 12.5. The molecule has 2 heterocycles. The zero-order valence-electron chi connectivity index (χ0n) is 12.5. The zero-order chi connectivity index (χ0) is 14.7. The van der Waals surface area contributed by atoms with E-state index >= 15 is 0 Å². The van der Waals surface area contributed by atoms with Crippen LogP contribution in [0.1, 0.15) is 25.1 Å². The lowest BCUT2D eigenvalue weighted by Gasteiger charge is -2.36. The van der Waals surface area contributed by atoms with Gasteiger partial charge in [0.15, 0.2) is 0 Å². The molecule has 0 bridgehead atoms. The quantitative estimate of drug-likeness (QED) is 0.854. The molecular weight excluding hydrogens is 256 g/mol. The largest absolute Gasteiger partial charge is 0.480 e. The van der Waals surface area contributed by atoms with E-state index in [1.165, 1.54) is 5.56 Å². The number of piperazine rings is 1. The highest BCUT2D eigenvalue weighted by Gasteiger charge is 2.25. The lowest BCUT2D eigenvalue weighted by Crippen LogP contribution is -2.51. The van der Waals surface area contributed by atoms with E-state index in [1.54, 1.807) is 6.92 Å². The Morgan fingerprint density at radius 3 is 2.60 bits per heavy atom. The summed E-state index contributed by atoms with van der Waals surface area (Å²) < 4.78 is 1.87. The smallest absolute Gasteiger partial charge is 0.320 e. The average Bonchev–Trinajstić information content (AvgIpc) is 2.78. The summed E-state index contributed by atoms with van der Waals surface area (Å²) >= 11 is 0. The third-order valence-electron chi connectivity index (χ3n) is 4.03. The Hall–Kier alpha value is -1.40. The van der Waals surface area contributed by atoms with Gasteiger partial charge in [0, 0.05) is 51.5 Å². The average molecular weight is 280 g/mol. The van der Waals surface area contributed by atoms with Crippen LogP contribution in [0.15, 0.2) is 6.20 Å². The number of hydrogen-bond acceptors (Lipinski definition) is 4. The van der Waals surface area contributed by atoms with Crippen LogP contribution in [0.2, 0.25) is 0 Å². The fourth-order valence-electron chi connectivity index (χ4n) is 2.72.